The van der Waals surface area contributed by atoms with Gasteiger partial charge in [0.1, 0.15) is 5.75 Å². The molecule has 18 heavy (non-hydrogen) atoms. The van der Waals surface area contributed by atoms with Crippen molar-refractivity contribution >= 4 is 17.5 Å². The number of hydrogen-bond acceptors (Lipinski definition) is 3. The molecule has 0 N–H and O–H groups in total. The molecule has 2 heterocycles. The number of fused-ring (bicyclic) bond motifs is 2. The number of rotatable bonds is 3. The topological polar surface area (TPSA) is 38.8 Å². The van der Waals surface area contributed by atoms with Gasteiger partial charge in [0.05, 0.1) is 18.8 Å². The Hall–Kier alpha value is -1.26. The van der Waals surface area contributed by atoms with E-state index >= 15 is 0 Å². The Labute approximate surface area is 110 Å². The molecule has 2 aliphatic heterocycles. The molecule has 1 amide bonds. The first kappa shape index (κ1) is 11.8. The van der Waals surface area contributed by atoms with Crippen LogP contribution in [0.1, 0.15) is 6.42 Å². The summed E-state index contributed by atoms with van der Waals surface area (Å²) in [6, 6.07) is 7.25. The van der Waals surface area contributed by atoms with E-state index in [1.807, 2.05) is 4.90 Å². The zero-order chi connectivity index (χ0) is 12.5. The smallest absolute Gasteiger partial charge is 0.260 e. The van der Waals surface area contributed by atoms with E-state index in [2.05, 4.69) is 0 Å². The average molecular weight is 268 g/mol. The number of amides is 1. The Morgan fingerprint density at radius 1 is 1.44 bits per heavy atom. The number of halogens is 1. The monoisotopic (exact) mass is 267 g/mol. The van der Waals surface area contributed by atoms with Crippen molar-refractivity contribution in [3.8, 4) is 5.75 Å². The summed E-state index contributed by atoms with van der Waals surface area (Å²) in [7, 11) is 0. The van der Waals surface area contributed by atoms with Crippen molar-refractivity contribution < 1.29 is 14.3 Å². The van der Waals surface area contributed by atoms with Crippen LogP contribution in [0.4, 0.5) is 0 Å². The van der Waals surface area contributed by atoms with Crippen molar-refractivity contribution in [1.82, 2.24) is 4.90 Å². The van der Waals surface area contributed by atoms with Gasteiger partial charge in [0, 0.05) is 11.6 Å². The molecule has 2 aliphatic rings. The van der Waals surface area contributed by atoms with E-state index < -0.39 is 0 Å². The van der Waals surface area contributed by atoms with Crippen molar-refractivity contribution in [2.75, 3.05) is 19.8 Å². The summed E-state index contributed by atoms with van der Waals surface area (Å²) >= 11 is 5.78. The lowest BCUT2D eigenvalue weighted by atomic mass is 10.2. The van der Waals surface area contributed by atoms with E-state index in [-0.39, 0.29) is 24.7 Å². The van der Waals surface area contributed by atoms with Gasteiger partial charge in [0.25, 0.3) is 5.91 Å². The number of nitrogens with zero attached hydrogens (tertiary/aromatic N) is 1. The molecule has 2 atom stereocenters. The van der Waals surface area contributed by atoms with Crippen LogP contribution >= 0.6 is 11.6 Å². The predicted molar refractivity (Wildman–Crippen MR) is 66.8 cm³/mol. The van der Waals surface area contributed by atoms with Gasteiger partial charge in [0.15, 0.2) is 6.61 Å². The minimum absolute atomic E-state index is 0.0285. The van der Waals surface area contributed by atoms with Gasteiger partial charge >= 0.3 is 0 Å². The lowest BCUT2D eigenvalue weighted by Crippen LogP contribution is -2.43. The van der Waals surface area contributed by atoms with E-state index in [4.69, 9.17) is 21.1 Å². The summed E-state index contributed by atoms with van der Waals surface area (Å²) in [6.45, 7) is 1.44. The maximum absolute atomic E-state index is 12.0. The Morgan fingerprint density at radius 3 is 2.83 bits per heavy atom. The number of carbonyl (C=O) groups excluding carboxylic acids is 1. The normalized spacial score (nSPS) is 25.5. The number of likely N-dealkylation sites (tertiary alicyclic amines) is 1. The third kappa shape index (κ3) is 2.31. The molecule has 0 aliphatic carbocycles. The molecule has 0 unspecified atom stereocenters. The first-order valence-electron chi connectivity index (χ1n) is 6.02. The molecular formula is C13H14ClNO3. The molecule has 0 aromatic heterocycles. The molecule has 1 aromatic rings. The Bertz CT molecular complexity index is 448. The van der Waals surface area contributed by atoms with E-state index in [0.29, 0.717) is 23.9 Å². The van der Waals surface area contributed by atoms with Crippen molar-refractivity contribution in [1.29, 1.82) is 0 Å². The maximum Gasteiger partial charge on any atom is 0.260 e. The summed E-state index contributed by atoms with van der Waals surface area (Å²) in [6.07, 6.45) is 1.20. The molecule has 4 nitrogen and oxygen atoms in total. The van der Waals surface area contributed by atoms with E-state index in [9.17, 15) is 4.79 Å². The lowest BCUT2D eigenvalue weighted by molar-refractivity contribution is -0.137. The fraction of sp³-hybridized carbons (Fsp3) is 0.462. The molecule has 1 aromatic carbocycles. The molecule has 0 radical (unpaired) electrons. The SMILES string of the molecule is O=C(COc1ccc(Cl)cc1)N1C[C@H]2C[C@H]1CO2. The molecule has 2 fully saturated rings. The second-order valence-electron chi connectivity index (χ2n) is 4.63. The molecule has 2 bridgehead atoms. The van der Waals surface area contributed by atoms with Gasteiger partial charge in [-0.1, -0.05) is 11.6 Å². The number of ether oxygens (including phenoxy) is 2. The zero-order valence-electron chi connectivity index (χ0n) is 9.84. The van der Waals surface area contributed by atoms with Crippen LogP contribution in [-0.4, -0.2) is 42.7 Å². The molecular weight excluding hydrogens is 254 g/mol. The molecule has 0 spiro atoms. The Kier molecular flexibility index (Phi) is 3.14. The molecule has 0 saturated carbocycles. The van der Waals surface area contributed by atoms with Gasteiger partial charge in [-0.15, -0.1) is 0 Å². The molecule has 96 valence electrons. The number of benzene rings is 1. The zero-order valence-corrected chi connectivity index (χ0v) is 10.6. The third-order valence-electron chi connectivity index (χ3n) is 3.40. The highest BCUT2D eigenvalue weighted by Crippen LogP contribution is 2.27. The van der Waals surface area contributed by atoms with Crippen molar-refractivity contribution in [2.45, 2.75) is 18.6 Å². The minimum atomic E-state index is 0.0285. The second kappa shape index (κ2) is 4.78. The van der Waals surface area contributed by atoms with Crippen molar-refractivity contribution in [2.24, 2.45) is 0 Å². The van der Waals surface area contributed by atoms with Crippen LogP contribution in [0.5, 0.6) is 5.75 Å². The maximum atomic E-state index is 12.0. The fourth-order valence-electron chi connectivity index (χ4n) is 2.46. The highest BCUT2D eigenvalue weighted by molar-refractivity contribution is 6.30. The summed E-state index contributed by atoms with van der Waals surface area (Å²) in [5.41, 5.74) is 0. The minimum Gasteiger partial charge on any atom is -0.484 e. The first-order valence-corrected chi connectivity index (χ1v) is 6.39. The van der Waals surface area contributed by atoms with Crippen LogP contribution in [-0.2, 0) is 9.53 Å². The highest BCUT2D eigenvalue weighted by Gasteiger charge is 2.41. The Balaban J connectivity index is 1.54. The van der Waals surface area contributed by atoms with Gasteiger partial charge in [-0.05, 0) is 30.7 Å². The largest absolute Gasteiger partial charge is 0.484 e. The number of carbonyl (C=O) groups is 1. The number of hydrogen-bond donors (Lipinski definition) is 0. The van der Waals surface area contributed by atoms with Gasteiger partial charge < -0.3 is 14.4 Å². The van der Waals surface area contributed by atoms with Crippen LogP contribution < -0.4 is 4.74 Å². The van der Waals surface area contributed by atoms with Crippen LogP contribution in [0.25, 0.3) is 0 Å². The summed E-state index contributed by atoms with van der Waals surface area (Å²) < 4.78 is 10.9. The molecule has 2 saturated heterocycles. The quantitative estimate of drug-likeness (QED) is 0.837. The number of morpholine rings is 1. The second-order valence-corrected chi connectivity index (χ2v) is 5.07. The predicted octanol–water partition coefficient (Wildman–Crippen LogP) is 1.72. The summed E-state index contributed by atoms with van der Waals surface area (Å²) in [4.78, 5) is 13.9. The van der Waals surface area contributed by atoms with Gasteiger partial charge in [0.2, 0.25) is 0 Å². The van der Waals surface area contributed by atoms with Crippen molar-refractivity contribution in [3.05, 3.63) is 29.3 Å². The van der Waals surface area contributed by atoms with Gasteiger partial charge in [-0.25, -0.2) is 0 Å². The van der Waals surface area contributed by atoms with E-state index in [1.54, 1.807) is 24.3 Å². The molecule has 5 heteroatoms. The summed E-state index contributed by atoms with van der Waals surface area (Å²) in [5, 5.41) is 0.655. The van der Waals surface area contributed by atoms with Gasteiger partial charge in [-0.2, -0.15) is 0 Å². The average Bonchev–Trinajstić information content (AvgIpc) is 3.00. The highest BCUT2D eigenvalue weighted by atomic mass is 35.5. The van der Waals surface area contributed by atoms with Crippen LogP contribution in [0.3, 0.4) is 0 Å². The lowest BCUT2D eigenvalue weighted by Gasteiger charge is -2.26. The van der Waals surface area contributed by atoms with E-state index in [1.165, 1.54) is 0 Å². The van der Waals surface area contributed by atoms with Crippen LogP contribution in [0, 0.1) is 0 Å². The van der Waals surface area contributed by atoms with Gasteiger partial charge in [-0.3, -0.25) is 4.79 Å². The van der Waals surface area contributed by atoms with Crippen LogP contribution in [0.2, 0.25) is 5.02 Å². The third-order valence-corrected chi connectivity index (χ3v) is 3.65. The summed E-state index contributed by atoms with van der Waals surface area (Å²) in [5.74, 6) is 0.689. The standard InChI is InChI=1S/C13H14ClNO3/c14-9-1-3-11(4-2-9)18-8-13(16)15-6-12-5-10(15)7-17-12/h1-4,10,12H,5-8H2/t10-,12+/m0/s1. The first-order chi connectivity index (χ1) is 8.72. The molecule has 3 rings (SSSR count). The van der Waals surface area contributed by atoms with E-state index in [0.717, 1.165) is 6.42 Å². The van der Waals surface area contributed by atoms with Crippen LogP contribution in [0.15, 0.2) is 24.3 Å². The van der Waals surface area contributed by atoms with Crippen molar-refractivity contribution in [3.63, 3.8) is 0 Å². The Morgan fingerprint density at radius 2 is 2.22 bits per heavy atom. The fourth-order valence-corrected chi connectivity index (χ4v) is 2.59.